The van der Waals surface area contributed by atoms with Gasteiger partial charge in [-0.25, -0.2) is 13.2 Å². The molecule has 0 spiro atoms. The summed E-state index contributed by atoms with van der Waals surface area (Å²) in [6.45, 7) is 4.03. The fourth-order valence-electron chi connectivity index (χ4n) is 1.90. The Bertz CT molecular complexity index is 402. The van der Waals surface area contributed by atoms with E-state index in [0.717, 1.165) is 19.2 Å². The van der Waals surface area contributed by atoms with E-state index in [0.29, 0.717) is 18.5 Å². The van der Waals surface area contributed by atoms with Crippen molar-refractivity contribution in [3.05, 3.63) is 35.1 Å². The second-order valence-corrected chi connectivity index (χ2v) is 4.63. The Kier molecular flexibility index (Phi) is 3.72. The molecule has 0 heterocycles. The van der Waals surface area contributed by atoms with Gasteiger partial charge in [0.05, 0.1) is 0 Å². The first-order chi connectivity index (χ1) is 8.10. The minimum absolute atomic E-state index is 0.228. The summed E-state index contributed by atoms with van der Waals surface area (Å²) in [6, 6.07) is 1.58. The Morgan fingerprint density at radius 3 is 2.35 bits per heavy atom. The average Bonchev–Trinajstić information content (AvgIpc) is 3.08. The molecule has 1 aliphatic carbocycles. The van der Waals surface area contributed by atoms with Crippen molar-refractivity contribution in [2.24, 2.45) is 5.92 Å². The van der Waals surface area contributed by atoms with Crippen LogP contribution in [0.15, 0.2) is 12.1 Å². The first kappa shape index (κ1) is 12.4. The maximum absolute atomic E-state index is 13.4. The van der Waals surface area contributed by atoms with Crippen LogP contribution in [-0.4, -0.2) is 18.0 Å². The van der Waals surface area contributed by atoms with Gasteiger partial charge in [0.1, 0.15) is 5.82 Å². The van der Waals surface area contributed by atoms with Gasteiger partial charge in [-0.05, 0) is 31.4 Å². The maximum Gasteiger partial charge on any atom is 0.161 e. The Hall–Kier alpha value is -1.03. The van der Waals surface area contributed by atoms with Gasteiger partial charge in [0, 0.05) is 24.7 Å². The van der Waals surface area contributed by atoms with Crippen LogP contribution in [0.1, 0.15) is 25.3 Å². The molecule has 17 heavy (non-hydrogen) atoms. The van der Waals surface area contributed by atoms with E-state index in [9.17, 15) is 13.2 Å². The van der Waals surface area contributed by atoms with Crippen LogP contribution in [0.2, 0.25) is 0 Å². The van der Waals surface area contributed by atoms with Gasteiger partial charge >= 0.3 is 0 Å². The van der Waals surface area contributed by atoms with Crippen molar-refractivity contribution in [3.63, 3.8) is 0 Å². The quantitative estimate of drug-likeness (QED) is 0.717. The Labute approximate surface area is 99.2 Å². The first-order valence-electron chi connectivity index (χ1n) is 5.96. The number of nitrogens with zero attached hydrogens (tertiary/aromatic N) is 1. The summed E-state index contributed by atoms with van der Waals surface area (Å²) in [4.78, 5) is 2.06. The summed E-state index contributed by atoms with van der Waals surface area (Å²) in [6.07, 6.45) is 2.44. The van der Waals surface area contributed by atoms with Crippen LogP contribution in [-0.2, 0) is 6.54 Å². The van der Waals surface area contributed by atoms with Crippen molar-refractivity contribution in [3.8, 4) is 0 Å². The van der Waals surface area contributed by atoms with Crippen LogP contribution < -0.4 is 0 Å². The predicted molar refractivity (Wildman–Crippen MR) is 60.0 cm³/mol. The molecule has 0 unspecified atom stereocenters. The topological polar surface area (TPSA) is 3.24 Å². The zero-order valence-electron chi connectivity index (χ0n) is 9.85. The van der Waals surface area contributed by atoms with Crippen LogP contribution in [0.3, 0.4) is 0 Å². The van der Waals surface area contributed by atoms with E-state index in [1.54, 1.807) is 0 Å². The van der Waals surface area contributed by atoms with E-state index in [1.165, 1.54) is 12.8 Å². The molecule has 1 aromatic carbocycles. The molecule has 1 aromatic rings. The highest BCUT2D eigenvalue weighted by Gasteiger charge is 2.24. The molecule has 0 aromatic heterocycles. The zero-order chi connectivity index (χ0) is 12.4. The third-order valence-electron chi connectivity index (χ3n) is 3.14. The smallest absolute Gasteiger partial charge is 0.161 e. The molecule has 94 valence electrons. The van der Waals surface area contributed by atoms with Crippen LogP contribution in [0.25, 0.3) is 0 Å². The Balaban J connectivity index is 2.07. The van der Waals surface area contributed by atoms with Gasteiger partial charge in [0.2, 0.25) is 0 Å². The second kappa shape index (κ2) is 5.08. The van der Waals surface area contributed by atoms with Crippen molar-refractivity contribution in [1.29, 1.82) is 0 Å². The van der Waals surface area contributed by atoms with Crippen LogP contribution >= 0.6 is 0 Å². The monoisotopic (exact) mass is 243 g/mol. The highest BCUT2D eigenvalue weighted by molar-refractivity contribution is 5.20. The van der Waals surface area contributed by atoms with Crippen LogP contribution in [0.5, 0.6) is 0 Å². The van der Waals surface area contributed by atoms with Crippen molar-refractivity contribution < 1.29 is 13.2 Å². The molecule has 0 amide bonds. The lowest BCUT2D eigenvalue weighted by Gasteiger charge is -2.20. The van der Waals surface area contributed by atoms with Crippen molar-refractivity contribution in [2.45, 2.75) is 26.3 Å². The fraction of sp³-hybridized carbons (Fsp3) is 0.538. The van der Waals surface area contributed by atoms with Crippen molar-refractivity contribution >= 4 is 0 Å². The Morgan fingerprint density at radius 2 is 1.76 bits per heavy atom. The van der Waals surface area contributed by atoms with Crippen LogP contribution in [0, 0.1) is 23.4 Å². The molecule has 1 aliphatic rings. The molecule has 1 nitrogen and oxygen atoms in total. The zero-order valence-corrected chi connectivity index (χ0v) is 9.85. The lowest BCUT2D eigenvalue weighted by atomic mass is 10.1. The number of benzene rings is 1. The molecule has 0 atom stereocenters. The predicted octanol–water partition coefficient (Wildman–Crippen LogP) is 3.34. The average molecular weight is 243 g/mol. The molecule has 0 bridgehead atoms. The van der Waals surface area contributed by atoms with Gasteiger partial charge < -0.3 is 0 Å². The molecule has 1 fully saturated rings. The summed E-state index contributed by atoms with van der Waals surface area (Å²) < 4.78 is 39.2. The summed E-state index contributed by atoms with van der Waals surface area (Å²) in [7, 11) is 0. The number of hydrogen-bond donors (Lipinski definition) is 0. The molecule has 4 heteroatoms. The molecule has 2 rings (SSSR count). The summed E-state index contributed by atoms with van der Waals surface area (Å²) >= 11 is 0. The second-order valence-electron chi connectivity index (χ2n) is 4.63. The molecular formula is C13H16F3N. The van der Waals surface area contributed by atoms with Gasteiger partial charge in [0.25, 0.3) is 0 Å². The largest absolute Gasteiger partial charge is 0.299 e. The standard InChI is InChI=1S/C13H16F3N/c1-2-17(7-9-3-4-9)8-10-5-12(15)13(16)6-11(10)14/h5-6,9H,2-4,7-8H2,1H3. The van der Waals surface area contributed by atoms with Gasteiger partial charge in [0.15, 0.2) is 11.6 Å². The third kappa shape index (κ3) is 3.22. The van der Waals surface area contributed by atoms with Gasteiger partial charge in [-0.15, -0.1) is 0 Å². The SMILES string of the molecule is CCN(Cc1cc(F)c(F)cc1F)CC1CC1. The van der Waals surface area contributed by atoms with Crippen molar-refractivity contribution in [2.75, 3.05) is 13.1 Å². The number of rotatable bonds is 5. The molecular weight excluding hydrogens is 227 g/mol. The molecule has 0 aliphatic heterocycles. The van der Waals surface area contributed by atoms with E-state index in [2.05, 4.69) is 4.90 Å². The summed E-state index contributed by atoms with van der Waals surface area (Å²) in [5.74, 6) is -2.08. The van der Waals surface area contributed by atoms with Crippen LogP contribution in [0.4, 0.5) is 13.2 Å². The summed E-state index contributed by atoms with van der Waals surface area (Å²) in [5, 5.41) is 0. The van der Waals surface area contributed by atoms with Gasteiger partial charge in [-0.3, -0.25) is 4.90 Å². The normalized spacial score (nSPS) is 15.6. The van der Waals surface area contributed by atoms with E-state index in [4.69, 9.17) is 0 Å². The highest BCUT2D eigenvalue weighted by atomic mass is 19.2. The molecule has 1 saturated carbocycles. The minimum Gasteiger partial charge on any atom is -0.299 e. The lowest BCUT2D eigenvalue weighted by molar-refractivity contribution is 0.263. The molecule has 0 saturated heterocycles. The number of halogens is 3. The molecule has 0 N–H and O–H groups in total. The lowest BCUT2D eigenvalue weighted by Crippen LogP contribution is -2.25. The first-order valence-corrected chi connectivity index (χ1v) is 5.96. The van der Waals surface area contributed by atoms with Gasteiger partial charge in [-0.1, -0.05) is 6.92 Å². The van der Waals surface area contributed by atoms with E-state index in [1.807, 2.05) is 6.92 Å². The summed E-state index contributed by atoms with van der Waals surface area (Å²) in [5.41, 5.74) is 0.228. The Morgan fingerprint density at radius 1 is 1.12 bits per heavy atom. The maximum atomic E-state index is 13.4. The highest BCUT2D eigenvalue weighted by Crippen LogP contribution is 2.30. The fourth-order valence-corrected chi connectivity index (χ4v) is 1.90. The van der Waals surface area contributed by atoms with E-state index in [-0.39, 0.29) is 5.56 Å². The van der Waals surface area contributed by atoms with E-state index >= 15 is 0 Å². The molecule has 0 radical (unpaired) electrons. The number of hydrogen-bond acceptors (Lipinski definition) is 1. The van der Waals surface area contributed by atoms with E-state index < -0.39 is 17.5 Å². The van der Waals surface area contributed by atoms with Crippen molar-refractivity contribution in [1.82, 2.24) is 4.90 Å². The minimum atomic E-state index is -1.13. The van der Waals surface area contributed by atoms with Gasteiger partial charge in [-0.2, -0.15) is 0 Å². The third-order valence-corrected chi connectivity index (χ3v) is 3.14.